The van der Waals surface area contributed by atoms with E-state index in [1.807, 2.05) is 12.1 Å². The molecule has 0 radical (unpaired) electrons. The van der Waals surface area contributed by atoms with Crippen LogP contribution in [0.15, 0.2) is 71.0 Å². The lowest BCUT2D eigenvalue weighted by Crippen LogP contribution is -2.45. The minimum Gasteiger partial charge on any atom is -0.490 e. The predicted octanol–water partition coefficient (Wildman–Crippen LogP) is 5.13. The van der Waals surface area contributed by atoms with E-state index in [0.717, 1.165) is 12.7 Å². The van der Waals surface area contributed by atoms with E-state index in [0.29, 0.717) is 40.7 Å². The first-order valence-corrected chi connectivity index (χ1v) is 15.8. The molecule has 4 N–H and O–H groups in total. The van der Waals surface area contributed by atoms with Crippen LogP contribution in [0.1, 0.15) is 36.6 Å². The second kappa shape index (κ2) is 16.1. The number of methoxy groups -OCH3 is 1. The number of aliphatic hydroxyl groups excluding tert-OH is 1. The quantitative estimate of drug-likeness (QED) is 0.0611. The van der Waals surface area contributed by atoms with Crippen molar-refractivity contribution in [1.29, 1.82) is 0 Å². The number of allylic oxidation sites excluding steroid dienone is 1. The Kier molecular flexibility index (Phi) is 12.2. The number of esters is 1. The van der Waals surface area contributed by atoms with Crippen LogP contribution in [0.25, 0.3) is 0 Å². The van der Waals surface area contributed by atoms with Crippen molar-refractivity contribution in [1.82, 2.24) is 16.1 Å². The topological polar surface area (TPSA) is 140 Å². The van der Waals surface area contributed by atoms with E-state index in [2.05, 4.69) is 66.3 Å². The molecule has 0 spiro atoms. The minimum atomic E-state index is -1.18. The van der Waals surface area contributed by atoms with Gasteiger partial charge < -0.3 is 34.7 Å². The van der Waals surface area contributed by atoms with Gasteiger partial charge in [-0.05, 0) is 107 Å². The van der Waals surface area contributed by atoms with Gasteiger partial charge in [-0.15, -0.1) is 0 Å². The lowest BCUT2D eigenvalue weighted by atomic mass is 9.95. The van der Waals surface area contributed by atoms with E-state index in [1.165, 1.54) is 25.5 Å². The Balaban J connectivity index is 1.42. The number of halogens is 3. The molecule has 0 fully saturated rings. The molecular weight excluding hydrogens is 813 g/mol. The zero-order valence-corrected chi connectivity index (χ0v) is 28.8. The third-order valence-corrected chi connectivity index (χ3v) is 7.86. The molecule has 14 heteroatoms. The highest BCUT2D eigenvalue weighted by molar-refractivity contribution is 14.1. The number of amides is 2. The van der Waals surface area contributed by atoms with Gasteiger partial charge in [0.05, 0.1) is 35.1 Å². The molecule has 3 aromatic rings. The molecule has 45 heavy (non-hydrogen) atoms. The van der Waals surface area contributed by atoms with Gasteiger partial charge in [0.2, 0.25) is 0 Å². The fourth-order valence-corrected chi connectivity index (χ4v) is 6.42. The van der Waals surface area contributed by atoms with Gasteiger partial charge in [-0.2, -0.15) is 5.10 Å². The number of hydrazone groups is 1. The lowest BCUT2D eigenvalue weighted by molar-refractivity contribution is -0.136. The van der Waals surface area contributed by atoms with Gasteiger partial charge in [-0.25, -0.2) is 14.0 Å². The van der Waals surface area contributed by atoms with Crippen LogP contribution < -0.4 is 30.3 Å². The highest BCUT2D eigenvalue weighted by Crippen LogP contribution is 2.35. The fraction of sp³-hybridized carbons (Fsp3) is 0.258. The predicted molar refractivity (Wildman–Crippen MR) is 182 cm³/mol. The fourth-order valence-electron chi connectivity index (χ4n) is 4.38. The molecule has 0 bridgehead atoms. The maximum atomic E-state index is 13.3. The summed E-state index contributed by atoms with van der Waals surface area (Å²) < 4.78 is 37.6. The third kappa shape index (κ3) is 9.20. The van der Waals surface area contributed by atoms with E-state index in [1.54, 1.807) is 44.2 Å². The Morgan fingerprint density at radius 2 is 1.87 bits per heavy atom. The number of ether oxygens (including phenoxy) is 4. The first kappa shape index (κ1) is 34.2. The van der Waals surface area contributed by atoms with Gasteiger partial charge in [-0.3, -0.25) is 5.43 Å². The maximum Gasteiger partial charge on any atom is 0.337 e. The van der Waals surface area contributed by atoms with Crippen molar-refractivity contribution >= 4 is 63.4 Å². The van der Waals surface area contributed by atoms with Crippen LogP contribution in [0.3, 0.4) is 0 Å². The first-order chi connectivity index (χ1) is 21.6. The smallest absolute Gasteiger partial charge is 0.337 e. The number of carbonyl (C=O) groups excluding carboxylic acids is 2. The second-order valence-corrected chi connectivity index (χ2v) is 12.0. The number of benzene rings is 3. The lowest BCUT2D eigenvalue weighted by Gasteiger charge is -2.28. The minimum absolute atomic E-state index is 0.176. The second-order valence-electron chi connectivity index (χ2n) is 9.64. The maximum absolute atomic E-state index is 13.3. The number of urea groups is 1. The van der Waals surface area contributed by atoms with Gasteiger partial charge >= 0.3 is 12.0 Å². The average molecular weight is 844 g/mol. The molecule has 0 aromatic heterocycles. The Bertz CT molecular complexity index is 1600. The number of nitrogens with zero attached hydrogens (tertiary/aromatic N) is 1. The molecule has 0 saturated heterocycles. The summed E-state index contributed by atoms with van der Waals surface area (Å²) >= 11 is 4.37. The van der Waals surface area contributed by atoms with Gasteiger partial charge in [0, 0.05) is 14.8 Å². The Morgan fingerprint density at radius 1 is 1.11 bits per heavy atom. The molecule has 0 saturated carbocycles. The monoisotopic (exact) mass is 844 g/mol. The average Bonchev–Trinajstić information content (AvgIpc) is 3.00. The molecule has 1 aliphatic heterocycles. The van der Waals surface area contributed by atoms with Crippen molar-refractivity contribution in [3.05, 3.63) is 95.5 Å². The SMILES string of the molecule is CCOc1cc([C@H]2NC(=O)NC(C)=C2C(=O)OC)ccc1OC[C@@H](O)N/N=C/c1cc(I)cc(I)c1OCc1ccc(F)cc1. The Hall–Kier alpha value is -3.64. The molecule has 11 nitrogen and oxygen atoms in total. The summed E-state index contributed by atoms with van der Waals surface area (Å²) in [6.45, 7) is 3.82. The van der Waals surface area contributed by atoms with Crippen molar-refractivity contribution in [2.45, 2.75) is 32.7 Å². The number of hydrogen-bond donors (Lipinski definition) is 4. The van der Waals surface area contributed by atoms with E-state index in [9.17, 15) is 19.1 Å². The van der Waals surface area contributed by atoms with Gasteiger partial charge in [-0.1, -0.05) is 18.2 Å². The van der Waals surface area contributed by atoms with Crippen LogP contribution in [0.5, 0.6) is 17.2 Å². The van der Waals surface area contributed by atoms with E-state index in [4.69, 9.17) is 18.9 Å². The summed E-state index contributed by atoms with van der Waals surface area (Å²) in [7, 11) is 1.27. The Labute approximate surface area is 286 Å². The molecule has 2 amide bonds. The molecular formula is C31H31FI2N4O7. The van der Waals surface area contributed by atoms with Crippen LogP contribution in [-0.2, 0) is 16.1 Å². The van der Waals surface area contributed by atoms with Gasteiger partial charge in [0.1, 0.15) is 24.8 Å². The van der Waals surface area contributed by atoms with Gasteiger partial charge in [0.25, 0.3) is 0 Å². The van der Waals surface area contributed by atoms with E-state index in [-0.39, 0.29) is 24.6 Å². The zero-order chi connectivity index (χ0) is 32.5. The number of rotatable bonds is 13. The summed E-state index contributed by atoms with van der Waals surface area (Å²) in [5.41, 5.74) is 5.36. The summed E-state index contributed by atoms with van der Waals surface area (Å²) in [6, 6.07) is 13.7. The van der Waals surface area contributed by atoms with Crippen molar-refractivity contribution in [3.63, 3.8) is 0 Å². The molecule has 4 rings (SSSR count). The number of hydrogen-bond acceptors (Lipinski definition) is 9. The van der Waals surface area contributed by atoms with E-state index < -0.39 is 24.3 Å². The highest BCUT2D eigenvalue weighted by Gasteiger charge is 2.32. The number of nitrogens with one attached hydrogen (secondary N) is 3. The van der Waals surface area contributed by atoms with Crippen LogP contribution in [0.2, 0.25) is 0 Å². The molecule has 1 aliphatic rings. The first-order valence-electron chi connectivity index (χ1n) is 13.7. The van der Waals surface area contributed by atoms with Crippen LogP contribution in [-0.4, -0.2) is 49.9 Å². The summed E-state index contributed by atoms with van der Waals surface area (Å²) in [5.74, 6) is 0.406. The van der Waals surface area contributed by atoms with Crippen molar-refractivity contribution in [3.8, 4) is 17.2 Å². The summed E-state index contributed by atoms with van der Waals surface area (Å²) in [6.07, 6.45) is 0.358. The largest absolute Gasteiger partial charge is 0.490 e. The van der Waals surface area contributed by atoms with Crippen molar-refractivity contribution < 1.29 is 38.0 Å². The third-order valence-electron chi connectivity index (χ3n) is 6.43. The summed E-state index contributed by atoms with van der Waals surface area (Å²) in [5, 5.41) is 20.0. The van der Waals surface area contributed by atoms with Crippen LogP contribution >= 0.6 is 45.2 Å². The zero-order valence-electron chi connectivity index (χ0n) is 24.5. The standard InChI is InChI=1S/C31H31FI2N4O7/c1-4-43-25-12-19(28-27(30(40)42-3)17(2)36-31(41)37-28)7-10-24(25)44-16-26(39)38-35-14-20-11-22(33)13-23(34)29(20)45-15-18-5-8-21(32)9-6-18/h5-14,26,28,38-39H,4,15-16H2,1-3H3,(H2,36,37,41)/b35-14+/t26-,28-/m1/s1. The molecule has 0 unspecified atom stereocenters. The van der Waals surface area contributed by atoms with Crippen molar-refractivity contribution in [2.75, 3.05) is 20.3 Å². The normalized spacial score (nSPS) is 15.3. The molecule has 2 atom stereocenters. The summed E-state index contributed by atoms with van der Waals surface area (Å²) in [4.78, 5) is 24.6. The van der Waals surface area contributed by atoms with Crippen LogP contribution in [0.4, 0.5) is 9.18 Å². The molecule has 0 aliphatic carbocycles. The van der Waals surface area contributed by atoms with E-state index >= 15 is 0 Å². The number of carbonyl (C=O) groups is 2. The van der Waals surface area contributed by atoms with Crippen LogP contribution in [0, 0.1) is 13.0 Å². The highest BCUT2D eigenvalue weighted by atomic mass is 127. The van der Waals surface area contributed by atoms with Gasteiger partial charge in [0.15, 0.2) is 17.7 Å². The molecule has 238 valence electrons. The molecule has 3 aromatic carbocycles. The molecule has 1 heterocycles. The number of aliphatic hydroxyl groups is 1. The van der Waals surface area contributed by atoms with Crippen molar-refractivity contribution in [2.24, 2.45) is 5.10 Å². The Morgan fingerprint density at radius 3 is 2.58 bits per heavy atom.